The summed E-state index contributed by atoms with van der Waals surface area (Å²) >= 11 is 0. The van der Waals surface area contributed by atoms with Crippen LogP contribution >= 0.6 is 0 Å². The standard InChI is InChI=1S/C24H20N2O3/c1-28-19-12-8-16(9-13-19)21-22(17-10-14-20(29-2)15-11-17)25-26-23(21)24(27)18-6-4-3-5-7-18/h3-15H,1-2H3,(H,25,26). The summed E-state index contributed by atoms with van der Waals surface area (Å²) in [4.78, 5) is 13.2. The van der Waals surface area contributed by atoms with E-state index in [1.54, 1.807) is 26.4 Å². The van der Waals surface area contributed by atoms with Gasteiger partial charge in [-0.1, -0.05) is 42.5 Å². The normalized spacial score (nSPS) is 10.6. The topological polar surface area (TPSA) is 64.2 Å². The van der Waals surface area contributed by atoms with E-state index in [2.05, 4.69) is 10.2 Å². The number of carbonyl (C=O) groups excluding carboxylic acids is 1. The van der Waals surface area contributed by atoms with Crippen molar-refractivity contribution in [2.75, 3.05) is 14.2 Å². The van der Waals surface area contributed by atoms with Crippen molar-refractivity contribution in [2.45, 2.75) is 0 Å². The summed E-state index contributed by atoms with van der Waals surface area (Å²) in [6.07, 6.45) is 0. The van der Waals surface area contributed by atoms with Crippen molar-refractivity contribution < 1.29 is 14.3 Å². The first-order valence-corrected chi connectivity index (χ1v) is 9.18. The van der Waals surface area contributed by atoms with E-state index >= 15 is 0 Å². The number of benzene rings is 3. The molecule has 0 radical (unpaired) electrons. The van der Waals surface area contributed by atoms with E-state index in [9.17, 15) is 4.79 Å². The first-order valence-electron chi connectivity index (χ1n) is 9.18. The Morgan fingerprint density at radius 1 is 0.759 bits per heavy atom. The number of ether oxygens (including phenoxy) is 2. The van der Waals surface area contributed by atoms with Gasteiger partial charge in [-0.3, -0.25) is 9.89 Å². The van der Waals surface area contributed by atoms with Crippen LogP contribution in [0.15, 0.2) is 78.9 Å². The van der Waals surface area contributed by atoms with Crippen LogP contribution in [0.4, 0.5) is 0 Å². The smallest absolute Gasteiger partial charge is 0.211 e. The second-order valence-electron chi connectivity index (χ2n) is 6.47. The van der Waals surface area contributed by atoms with Crippen molar-refractivity contribution in [3.63, 3.8) is 0 Å². The van der Waals surface area contributed by atoms with Crippen molar-refractivity contribution in [1.82, 2.24) is 10.2 Å². The molecule has 0 amide bonds. The Hall–Kier alpha value is -3.86. The number of nitrogens with zero attached hydrogens (tertiary/aromatic N) is 1. The highest BCUT2D eigenvalue weighted by Gasteiger charge is 2.22. The predicted octanol–water partition coefficient (Wildman–Crippen LogP) is 4.99. The third-order valence-electron chi connectivity index (χ3n) is 4.77. The number of aromatic nitrogens is 2. The minimum absolute atomic E-state index is 0.108. The highest BCUT2D eigenvalue weighted by atomic mass is 16.5. The Labute approximate surface area is 168 Å². The molecule has 0 saturated carbocycles. The maximum absolute atomic E-state index is 13.2. The fourth-order valence-corrected chi connectivity index (χ4v) is 3.24. The maximum atomic E-state index is 13.2. The lowest BCUT2D eigenvalue weighted by atomic mass is 9.95. The molecule has 0 saturated heterocycles. The molecule has 0 fully saturated rings. The average molecular weight is 384 g/mol. The number of aromatic amines is 1. The van der Waals surface area contributed by atoms with Gasteiger partial charge in [0, 0.05) is 16.7 Å². The van der Waals surface area contributed by atoms with E-state index in [0.29, 0.717) is 17.0 Å². The minimum atomic E-state index is -0.108. The molecular weight excluding hydrogens is 364 g/mol. The number of hydrogen-bond donors (Lipinski definition) is 1. The van der Waals surface area contributed by atoms with Crippen LogP contribution < -0.4 is 9.47 Å². The molecule has 4 aromatic rings. The van der Waals surface area contributed by atoms with Gasteiger partial charge in [-0.2, -0.15) is 5.10 Å². The molecule has 144 valence electrons. The van der Waals surface area contributed by atoms with Crippen LogP contribution in [0.1, 0.15) is 16.1 Å². The van der Waals surface area contributed by atoms with Crippen molar-refractivity contribution in [3.05, 3.63) is 90.1 Å². The molecule has 1 aromatic heterocycles. The molecule has 0 aliphatic carbocycles. The van der Waals surface area contributed by atoms with Crippen molar-refractivity contribution in [1.29, 1.82) is 0 Å². The van der Waals surface area contributed by atoms with Crippen LogP contribution in [0.5, 0.6) is 11.5 Å². The summed E-state index contributed by atoms with van der Waals surface area (Å²) < 4.78 is 10.5. The van der Waals surface area contributed by atoms with Gasteiger partial charge in [0.2, 0.25) is 5.78 Å². The third-order valence-corrected chi connectivity index (χ3v) is 4.77. The van der Waals surface area contributed by atoms with Crippen molar-refractivity contribution >= 4 is 5.78 Å². The quantitative estimate of drug-likeness (QED) is 0.476. The largest absolute Gasteiger partial charge is 0.497 e. The van der Waals surface area contributed by atoms with Crippen LogP contribution in [-0.4, -0.2) is 30.2 Å². The SMILES string of the molecule is COc1ccc(-c2n[nH]c(C(=O)c3ccccc3)c2-c2ccc(OC)cc2)cc1. The zero-order valence-corrected chi connectivity index (χ0v) is 16.2. The number of carbonyl (C=O) groups is 1. The van der Waals surface area contributed by atoms with Gasteiger partial charge in [-0.25, -0.2) is 0 Å². The Kier molecular flexibility index (Phi) is 5.12. The number of nitrogens with one attached hydrogen (secondary N) is 1. The third kappa shape index (κ3) is 3.62. The summed E-state index contributed by atoms with van der Waals surface area (Å²) in [6.45, 7) is 0. The highest BCUT2D eigenvalue weighted by molar-refractivity contribution is 6.13. The van der Waals surface area contributed by atoms with E-state index < -0.39 is 0 Å². The second-order valence-corrected chi connectivity index (χ2v) is 6.47. The molecular formula is C24H20N2O3. The Bertz CT molecular complexity index is 1120. The number of H-pyrrole nitrogens is 1. The highest BCUT2D eigenvalue weighted by Crippen LogP contribution is 2.35. The van der Waals surface area contributed by atoms with E-state index in [4.69, 9.17) is 9.47 Å². The van der Waals surface area contributed by atoms with Gasteiger partial charge in [0.25, 0.3) is 0 Å². The minimum Gasteiger partial charge on any atom is -0.497 e. The fraction of sp³-hybridized carbons (Fsp3) is 0.0833. The molecule has 4 rings (SSSR count). The zero-order valence-electron chi connectivity index (χ0n) is 16.2. The maximum Gasteiger partial charge on any atom is 0.211 e. The van der Waals surface area contributed by atoms with Crippen LogP contribution in [-0.2, 0) is 0 Å². The number of methoxy groups -OCH3 is 2. The van der Waals surface area contributed by atoms with Crippen LogP contribution in [0.3, 0.4) is 0 Å². The molecule has 0 spiro atoms. The number of ketones is 1. The molecule has 0 unspecified atom stereocenters. The van der Waals surface area contributed by atoms with Gasteiger partial charge in [-0.15, -0.1) is 0 Å². The fourth-order valence-electron chi connectivity index (χ4n) is 3.24. The number of hydrogen-bond acceptors (Lipinski definition) is 4. The molecule has 0 aliphatic heterocycles. The molecule has 1 heterocycles. The summed E-state index contributed by atoms with van der Waals surface area (Å²) in [6, 6.07) is 24.4. The van der Waals surface area contributed by atoms with E-state index in [-0.39, 0.29) is 5.78 Å². The molecule has 0 atom stereocenters. The first-order chi connectivity index (χ1) is 14.2. The van der Waals surface area contributed by atoms with E-state index in [0.717, 1.165) is 28.2 Å². The Morgan fingerprint density at radius 3 is 1.86 bits per heavy atom. The second kappa shape index (κ2) is 8.02. The van der Waals surface area contributed by atoms with E-state index in [1.807, 2.05) is 66.7 Å². The van der Waals surface area contributed by atoms with Crippen LogP contribution in [0, 0.1) is 0 Å². The predicted molar refractivity (Wildman–Crippen MR) is 112 cm³/mol. The lowest BCUT2D eigenvalue weighted by Gasteiger charge is -2.08. The van der Waals surface area contributed by atoms with Gasteiger partial charge in [0.1, 0.15) is 22.9 Å². The molecule has 3 aromatic carbocycles. The summed E-state index contributed by atoms with van der Waals surface area (Å²) in [7, 11) is 3.25. The zero-order chi connectivity index (χ0) is 20.2. The van der Waals surface area contributed by atoms with Crippen LogP contribution in [0.25, 0.3) is 22.4 Å². The van der Waals surface area contributed by atoms with E-state index in [1.165, 1.54) is 0 Å². The van der Waals surface area contributed by atoms with Crippen LogP contribution in [0.2, 0.25) is 0 Å². The van der Waals surface area contributed by atoms with Crippen molar-refractivity contribution in [2.24, 2.45) is 0 Å². The first kappa shape index (κ1) is 18.5. The lowest BCUT2D eigenvalue weighted by Crippen LogP contribution is -2.03. The lowest BCUT2D eigenvalue weighted by molar-refractivity contribution is 0.103. The average Bonchev–Trinajstić information content (AvgIpc) is 3.24. The van der Waals surface area contributed by atoms with Gasteiger partial charge < -0.3 is 9.47 Å². The monoisotopic (exact) mass is 384 g/mol. The van der Waals surface area contributed by atoms with Gasteiger partial charge in [-0.05, 0) is 42.0 Å². The van der Waals surface area contributed by atoms with Gasteiger partial charge in [0.05, 0.1) is 14.2 Å². The molecule has 5 nitrogen and oxygen atoms in total. The summed E-state index contributed by atoms with van der Waals surface area (Å²) in [5.41, 5.74) is 4.28. The molecule has 5 heteroatoms. The van der Waals surface area contributed by atoms with Gasteiger partial charge >= 0.3 is 0 Å². The van der Waals surface area contributed by atoms with Gasteiger partial charge in [0.15, 0.2) is 0 Å². The van der Waals surface area contributed by atoms with Crippen molar-refractivity contribution in [3.8, 4) is 33.9 Å². The summed E-state index contributed by atoms with van der Waals surface area (Å²) in [5, 5.41) is 7.45. The summed E-state index contributed by atoms with van der Waals surface area (Å²) in [5.74, 6) is 1.40. The molecule has 0 aliphatic rings. The molecule has 29 heavy (non-hydrogen) atoms. The molecule has 0 bridgehead atoms. The number of rotatable bonds is 6. The Morgan fingerprint density at radius 2 is 1.31 bits per heavy atom. The Balaban J connectivity index is 1.87. The molecule has 1 N–H and O–H groups in total.